The van der Waals surface area contributed by atoms with E-state index in [2.05, 4.69) is 4.72 Å². The van der Waals surface area contributed by atoms with Crippen LogP contribution in [0, 0.1) is 0 Å². The van der Waals surface area contributed by atoms with Crippen molar-refractivity contribution in [3.8, 4) is 0 Å². The van der Waals surface area contributed by atoms with Crippen molar-refractivity contribution in [2.75, 3.05) is 26.0 Å². The molecule has 0 aliphatic rings. The Balaban J connectivity index is 2.34. The number of methoxy groups -OCH3 is 1. The Kier molecular flexibility index (Phi) is 6.83. The Morgan fingerprint density at radius 2 is 1.95 bits per heavy atom. The van der Waals surface area contributed by atoms with Gasteiger partial charge < -0.3 is 10.5 Å². The van der Waals surface area contributed by atoms with Crippen molar-refractivity contribution in [2.45, 2.75) is 25.0 Å². The van der Waals surface area contributed by atoms with Crippen molar-refractivity contribution < 1.29 is 13.2 Å². The second-order valence-corrected chi connectivity index (χ2v) is 6.21. The monoisotopic (exact) mass is 286 g/mol. The van der Waals surface area contributed by atoms with Gasteiger partial charge in [0.25, 0.3) is 0 Å². The van der Waals surface area contributed by atoms with E-state index >= 15 is 0 Å². The van der Waals surface area contributed by atoms with Crippen molar-refractivity contribution >= 4 is 15.7 Å². The summed E-state index contributed by atoms with van der Waals surface area (Å²) in [5.41, 5.74) is 6.87. The van der Waals surface area contributed by atoms with Gasteiger partial charge >= 0.3 is 0 Å². The maximum absolute atomic E-state index is 11.8. The number of benzene rings is 1. The zero-order valence-corrected chi connectivity index (χ0v) is 12.1. The van der Waals surface area contributed by atoms with Crippen molar-refractivity contribution in [3.63, 3.8) is 0 Å². The lowest BCUT2D eigenvalue weighted by molar-refractivity contribution is 0.192. The molecule has 0 heterocycles. The highest BCUT2D eigenvalue weighted by Crippen LogP contribution is 2.13. The highest BCUT2D eigenvalue weighted by Gasteiger charge is 2.12. The standard InChI is InChI=1S/C13H22N2O3S/c1-18-10-6-2-5-9-15-19(16,17)11-12-7-3-4-8-13(12)14/h3-4,7-8,15H,2,5-6,9-11,14H2,1H3. The molecule has 1 rings (SSSR count). The van der Waals surface area contributed by atoms with Crippen LogP contribution in [-0.2, 0) is 20.5 Å². The lowest BCUT2D eigenvalue weighted by Gasteiger charge is -2.08. The van der Waals surface area contributed by atoms with Crippen LogP contribution in [0.1, 0.15) is 24.8 Å². The van der Waals surface area contributed by atoms with Crippen molar-refractivity contribution in [3.05, 3.63) is 29.8 Å². The van der Waals surface area contributed by atoms with Gasteiger partial charge in [-0.05, 0) is 30.9 Å². The van der Waals surface area contributed by atoms with Gasteiger partial charge in [0.2, 0.25) is 10.0 Å². The molecule has 0 unspecified atom stereocenters. The molecule has 0 amide bonds. The van der Waals surface area contributed by atoms with Crippen LogP contribution in [0.2, 0.25) is 0 Å². The minimum atomic E-state index is -3.31. The molecule has 0 aliphatic carbocycles. The van der Waals surface area contributed by atoms with E-state index in [0.717, 1.165) is 19.3 Å². The van der Waals surface area contributed by atoms with E-state index in [1.807, 2.05) is 0 Å². The van der Waals surface area contributed by atoms with Crippen LogP contribution in [0.4, 0.5) is 5.69 Å². The minimum absolute atomic E-state index is 0.0717. The van der Waals surface area contributed by atoms with E-state index in [-0.39, 0.29) is 5.75 Å². The third kappa shape index (κ3) is 6.56. The Hall–Kier alpha value is -1.11. The quantitative estimate of drug-likeness (QED) is 0.532. The first-order valence-electron chi connectivity index (χ1n) is 6.35. The second-order valence-electron chi connectivity index (χ2n) is 4.41. The summed E-state index contributed by atoms with van der Waals surface area (Å²) in [4.78, 5) is 0. The van der Waals surface area contributed by atoms with Gasteiger partial charge in [-0.2, -0.15) is 0 Å². The van der Waals surface area contributed by atoms with Gasteiger partial charge in [-0.3, -0.25) is 0 Å². The number of hydrogen-bond donors (Lipinski definition) is 2. The summed E-state index contributed by atoms with van der Waals surface area (Å²) < 4.78 is 31.2. The summed E-state index contributed by atoms with van der Waals surface area (Å²) in [5.74, 6) is -0.0717. The average molecular weight is 286 g/mol. The molecule has 1 aromatic carbocycles. The predicted molar refractivity (Wildman–Crippen MR) is 77.2 cm³/mol. The minimum Gasteiger partial charge on any atom is -0.398 e. The van der Waals surface area contributed by atoms with Gasteiger partial charge in [0.15, 0.2) is 0 Å². The van der Waals surface area contributed by atoms with Crippen LogP contribution in [0.5, 0.6) is 0 Å². The van der Waals surface area contributed by atoms with Crippen LogP contribution < -0.4 is 10.5 Å². The molecule has 0 aliphatic heterocycles. The molecule has 0 radical (unpaired) electrons. The van der Waals surface area contributed by atoms with Gasteiger partial charge in [0, 0.05) is 25.9 Å². The van der Waals surface area contributed by atoms with Gasteiger partial charge in [-0.25, -0.2) is 13.1 Å². The number of anilines is 1. The molecule has 3 N–H and O–H groups in total. The van der Waals surface area contributed by atoms with Crippen molar-refractivity contribution in [1.29, 1.82) is 0 Å². The fourth-order valence-corrected chi connectivity index (χ4v) is 2.93. The van der Waals surface area contributed by atoms with E-state index in [4.69, 9.17) is 10.5 Å². The Morgan fingerprint density at radius 3 is 2.63 bits per heavy atom. The number of unbranched alkanes of at least 4 members (excludes halogenated alkanes) is 2. The third-order valence-corrected chi connectivity index (χ3v) is 4.08. The number of ether oxygens (including phenoxy) is 1. The van der Waals surface area contributed by atoms with E-state index in [0.29, 0.717) is 24.4 Å². The zero-order valence-electron chi connectivity index (χ0n) is 11.3. The summed E-state index contributed by atoms with van der Waals surface area (Å²) in [6, 6.07) is 7.00. The number of hydrogen-bond acceptors (Lipinski definition) is 4. The van der Waals surface area contributed by atoms with Gasteiger partial charge in [0.1, 0.15) is 0 Å². The number of rotatable bonds is 9. The molecule has 0 bridgehead atoms. The Morgan fingerprint density at radius 1 is 1.21 bits per heavy atom. The van der Waals surface area contributed by atoms with Gasteiger partial charge in [-0.1, -0.05) is 18.2 Å². The fraction of sp³-hybridized carbons (Fsp3) is 0.538. The molecular weight excluding hydrogens is 264 g/mol. The molecule has 0 saturated carbocycles. The molecule has 0 aromatic heterocycles. The topological polar surface area (TPSA) is 81.4 Å². The molecule has 108 valence electrons. The molecule has 0 saturated heterocycles. The molecule has 19 heavy (non-hydrogen) atoms. The number of sulfonamides is 1. The zero-order chi connectivity index (χ0) is 14.1. The smallest absolute Gasteiger partial charge is 0.215 e. The number of para-hydroxylation sites is 1. The lowest BCUT2D eigenvalue weighted by Crippen LogP contribution is -2.26. The largest absolute Gasteiger partial charge is 0.398 e. The number of nitrogens with one attached hydrogen (secondary N) is 1. The maximum atomic E-state index is 11.8. The molecule has 1 aromatic rings. The van der Waals surface area contributed by atoms with Crippen molar-refractivity contribution in [1.82, 2.24) is 4.72 Å². The van der Waals surface area contributed by atoms with Crippen LogP contribution in [-0.4, -0.2) is 28.7 Å². The first-order valence-corrected chi connectivity index (χ1v) is 8.00. The van der Waals surface area contributed by atoms with E-state index in [1.165, 1.54) is 0 Å². The lowest BCUT2D eigenvalue weighted by atomic mass is 10.2. The normalized spacial score (nSPS) is 11.6. The van der Waals surface area contributed by atoms with Crippen LogP contribution in [0.15, 0.2) is 24.3 Å². The first-order chi connectivity index (χ1) is 9.05. The summed E-state index contributed by atoms with van der Waals surface area (Å²) in [7, 11) is -1.65. The fourth-order valence-electron chi connectivity index (χ4n) is 1.70. The van der Waals surface area contributed by atoms with Gasteiger partial charge in [0.05, 0.1) is 5.75 Å². The Labute approximate surface area is 115 Å². The third-order valence-electron chi connectivity index (χ3n) is 2.75. The second kappa shape index (κ2) is 8.14. The van der Waals surface area contributed by atoms with Crippen molar-refractivity contribution in [2.24, 2.45) is 0 Å². The van der Waals surface area contributed by atoms with Crippen LogP contribution >= 0.6 is 0 Å². The van der Waals surface area contributed by atoms with Crippen LogP contribution in [0.3, 0.4) is 0 Å². The molecule has 0 atom stereocenters. The molecule has 6 heteroatoms. The summed E-state index contributed by atoms with van der Waals surface area (Å²) >= 11 is 0. The van der Waals surface area contributed by atoms with E-state index < -0.39 is 10.0 Å². The van der Waals surface area contributed by atoms with Crippen LogP contribution in [0.25, 0.3) is 0 Å². The summed E-state index contributed by atoms with van der Waals surface area (Å²) in [6.07, 6.45) is 2.71. The summed E-state index contributed by atoms with van der Waals surface area (Å²) in [6.45, 7) is 1.17. The summed E-state index contributed by atoms with van der Waals surface area (Å²) in [5, 5.41) is 0. The number of nitrogen functional groups attached to an aromatic ring is 1. The molecular formula is C13H22N2O3S. The van der Waals surface area contributed by atoms with Gasteiger partial charge in [-0.15, -0.1) is 0 Å². The van der Waals surface area contributed by atoms with E-state index in [9.17, 15) is 8.42 Å². The molecule has 0 spiro atoms. The van der Waals surface area contributed by atoms with E-state index in [1.54, 1.807) is 31.4 Å². The average Bonchev–Trinajstić information content (AvgIpc) is 2.36. The highest BCUT2D eigenvalue weighted by atomic mass is 32.2. The SMILES string of the molecule is COCCCCCNS(=O)(=O)Cc1ccccc1N. The predicted octanol–water partition coefficient (Wildman–Crippen LogP) is 1.50. The maximum Gasteiger partial charge on any atom is 0.215 e. The molecule has 0 fully saturated rings. The number of nitrogens with two attached hydrogens (primary N) is 1. The Bertz CT molecular complexity index is 475. The first kappa shape index (κ1) is 15.9. The highest BCUT2D eigenvalue weighted by molar-refractivity contribution is 7.88. The molecule has 5 nitrogen and oxygen atoms in total.